The first-order chi connectivity index (χ1) is 22.6. The molecule has 0 aliphatic rings. The number of nitrogens with one attached hydrogen (secondary N) is 1. The Morgan fingerprint density at radius 3 is 1.55 bits per heavy atom. The molecular formula is C36H50I6NO4+. The number of benzene rings is 2. The van der Waals surface area contributed by atoms with Gasteiger partial charge >= 0.3 is 11.9 Å². The van der Waals surface area contributed by atoms with E-state index in [9.17, 15) is 9.59 Å². The van der Waals surface area contributed by atoms with Crippen molar-refractivity contribution in [2.45, 2.75) is 110 Å². The van der Waals surface area contributed by atoms with E-state index in [0.29, 0.717) is 37.4 Å². The van der Waals surface area contributed by atoms with Gasteiger partial charge in [0, 0.05) is 21.4 Å². The molecule has 47 heavy (non-hydrogen) atoms. The van der Waals surface area contributed by atoms with Gasteiger partial charge in [-0.15, -0.1) is 0 Å². The molecule has 5 nitrogen and oxygen atoms in total. The van der Waals surface area contributed by atoms with E-state index in [1.807, 2.05) is 18.2 Å². The number of ether oxygens (including phenoxy) is 2. The summed E-state index contributed by atoms with van der Waals surface area (Å²) in [4.78, 5) is 27.2. The second kappa shape index (κ2) is 27.3. The van der Waals surface area contributed by atoms with Crippen molar-refractivity contribution in [3.8, 4) is 0 Å². The molecule has 0 aliphatic carbocycles. The quantitative estimate of drug-likeness (QED) is 0.0466. The Bertz CT molecular complexity index is 1230. The van der Waals surface area contributed by atoms with E-state index in [2.05, 4.69) is 149 Å². The van der Waals surface area contributed by atoms with Crippen LogP contribution in [0.3, 0.4) is 0 Å². The number of halogens is 6. The Labute approximate surface area is 365 Å². The van der Waals surface area contributed by atoms with E-state index in [1.54, 1.807) is 0 Å². The van der Waals surface area contributed by atoms with Gasteiger partial charge in [0.25, 0.3) is 0 Å². The number of hydrogen-bond donors (Lipinski definition) is 1. The Balaban J connectivity index is 1.73. The summed E-state index contributed by atoms with van der Waals surface area (Å²) in [5, 5.41) is 0. The minimum Gasteiger partial charge on any atom is -0.456 e. The van der Waals surface area contributed by atoms with E-state index < -0.39 is 0 Å². The van der Waals surface area contributed by atoms with Gasteiger partial charge in [0.05, 0.1) is 17.7 Å². The lowest BCUT2D eigenvalue weighted by molar-refractivity contribution is -0.900. The second-order valence-corrected chi connectivity index (χ2v) is 18.9. The predicted octanol–water partition coefficient (Wildman–Crippen LogP) is 11.5. The first-order valence-electron chi connectivity index (χ1n) is 17.1. The molecule has 2 aromatic rings. The summed E-state index contributed by atoms with van der Waals surface area (Å²) in [7, 11) is 0. The molecule has 2 rings (SSSR count). The molecule has 0 fully saturated rings. The molecule has 1 unspecified atom stereocenters. The molecule has 0 aliphatic heterocycles. The Morgan fingerprint density at radius 1 is 0.553 bits per heavy atom. The lowest BCUT2D eigenvalue weighted by Gasteiger charge is -2.20. The zero-order valence-corrected chi connectivity index (χ0v) is 40.5. The maximum atomic E-state index is 13.0. The van der Waals surface area contributed by atoms with Crippen molar-refractivity contribution in [3.05, 3.63) is 56.8 Å². The van der Waals surface area contributed by atoms with E-state index in [-0.39, 0.29) is 11.9 Å². The highest BCUT2D eigenvalue weighted by atomic mass is 127. The average Bonchev–Trinajstić information content (AvgIpc) is 3.04. The van der Waals surface area contributed by atoms with Crippen LogP contribution < -0.4 is 4.90 Å². The number of hydrogen-bond acceptors (Lipinski definition) is 4. The van der Waals surface area contributed by atoms with E-state index in [1.165, 1.54) is 101 Å². The molecule has 0 amide bonds. The summed E-state index contributed by atoms with van der Waals surface area (Å²) in [5.41, 5.74) is 1.27. The summed E-state index contributed by atoms with van der Waals surface area (Å²) >= 11 is 13.4. The summed E-state index contributed by atoms with van der Waals surface area (Å²) in [6, 6.07) is 7.93. The van der Waals surface area contributed by atoms with Crippen LogP contribution in [0.4, 0.5) is 0 Å². The third-order valence-electron chi connectivity index (χ3n) is 8.22. The first kappa shape index (κ1) is 44.9. The van der Waals surface area contributed by atoms with Crippen LogP contribution in [0.25, 0.3) is 0 Å². The number of carbonyl (C=O) groups is 2. The maximum Gasteiger partial charge on any atom is 0.340 e. The number of carbonyl (C=O) groups excluding carboxylic acids is 2. The molecule has 0 radical (unpaired) electrons. The standard InChI is InChI=1S/C36H49I6NO4/c1-2-3-4-5-6-7-8-9-10-11-12-13-14-15-16-17-20-43(21-23-46-35(44)28-25-27(37)26-31(40)33(28)41)22-24-47-36(45)32-29(38)18-19-30(39)34(32)42/h18-19,25-26H,2-17,20-24H2,1H3/p+1. The van der Waals surface area contributed by atoms with E-state index in [0.717, 1.165) is 34.4 Å². The van der Waals surface area contributed by atoms with Gasteiger partial charge in [-0.2, -0.15) is 0 Å². The maximum absolute atomic E-state index is 13.0. The van der Waals surface area contributed by atoms with Crippen molar-refractivity contribution in [2.24, 2.45) is 0 Å². The number of unbranched alkanes of at least 4 members (excludes halogenated alkanes) is 15. The average molecular weight is 1320 g/mol. The van der Waals surface area contributed by atoms with Gasteiger partial charge in [0.15, 0.2) is 0 Å². The summed E-state index contributed by atoms with van der Waals surface area (Å²) in [5.74, 6) is -0.546. The Hall–Kier alpha value is 1.72. The van der Waals surface area contributed by atoms with Crippen LogP contribution in [-0.4, -0.2) is 44.8 Å². The van der Waals surface area contributed by atoms with Crippen molar-refractivity contribution in [2.75, 3.05) is 32.8 Å². The van der Waals surface area contributed by atoms with Gasteiger partial charge in [-0.1, -0.05) is 96.8 Å². The number of quaternary nitrogens is 1. The summed E-state index contributed by atoms with van der Waals surface area (Å²) in [6.07, 6.45) is 21.6. The van der Waals surface area contributed by atoms with Crippen LogP contribution in [0.5, 0.6) is 0 Å². The molecule has 2 aromatic carbocycles. The Morgan fingerprint density at radius 2 is 1.02 bits per heavy atom. The highest BCUT2D eigenvalue weighted by Gasteiger charge is 2.20. The van der Waals surface area contributed by atoms with Gasteiger partial charge in [0.2, 0.25) is 0 Å². The predicted molar refractivity (Wildman–Crippen MR) is 245 cm³/mol. The second-order valence-electron chi connectivity index (χ2n) is 12.0. The molecule has 0 heterocycles. The fraction of sp³-hybridized carbons (Fsp3) is 0.611. The molecule has 0 aromatic heterocycles. The van der Waals surface area contributed by atoms with E-state index >= 15 is 0 Å². The van der Waals surface area contributed by atoms with Crippen LogP contribution in [0, 0.1) is 21.4 Å². The van der Waals surface area contributed by atoms with Gasteiger partial charge in [-0.25, -0.2) is 9.59 Å². The lowest BCUT2D eigenvalue weighted by Crippen LogP contribution is -3.13. The van der Waals surface area contributed by atoms with Crippen molar-refractivity contribution in [1.29, 1.82) is 0 Å². The molecule has 1 N–H and O–H groups in total. The van der Waals surface area contributed by atoms with Crippen molar-refractivity contribution in [3.63, 3.8) is 0 Å². The van der Waals surface area contributed by atoms with Crippen LogP contribution >= 0.6 is 136 Å². The lowest BCUT2D eigenvalue weighted by atomic mass is 10.0. The fourth-order valence-electron chi connectivity index (χ4n) is 5.44. The van der Waals surface area contributed by atoms with Crippen molar-refractivity contribution in [1.82, 2.24) is 0 Å². The minimum absolute atomic E-state index is 0.270. The fourth-order valence-corrected chi connectivity index (χ4v) is 10.1. The highest BCUT2D eigenvalue weighted by Crippen LogP contribution is 2.25. The molecule has 0 spiro atoms. The molecule has 11 heteroatoms. The van der Waals surface area contributed by atoms with Crippen molar-refractivity contribution >= 4 is 147 Å². The zero-order valence-electron chi connectivity index (χ0n) is 27.6. The summed E-state index contributed by atoms with van der Waals surface area (Å²) < 4.78 is 17.4. The topological polar surface area (TPSA) is 57.0 Å². The van der Waals surface area contributed by atoms with E-state index in [4.69, 9.17) is 9.47 Å². The van der Waals surface area contributed by atoms with Gasteiger partial charge in [0.1, 0.15) is 26.3 Å². The van der Waals surface area contributed by atoms with Gasteiger partial charge < -0.3 is 14.4 Å². The minimum atomic E-state index is -0.276. The SMILES string of the molecule is CCCCCCCCCCCCCCCCCC[NH+](CCOC(=O)c1cc(I)cc(I)c1I)CCOC(=O)c1c(I)ccc(I)c1I. The number of esters is 2. The third-order valence-corrected chi connectivity index (χ3v) is 15.8. The van der Waals surface area contributed by atoms with Crippen molar-refractivity contribution < 1.29 is 24.0 Å². The van der Waals surface area contributed by atoms with Gasteiger partial charge in [-0.05, 0) is 173 Å². The highest BCUT2D eigenvalue weighted by molar-refractivity contribution is 14.1. The van der Waals surface area contributed by atoms with Crippen LogP contribution in [0.1, 0.15) is 130 Å². The molecule has 264 valence electrons. The summed E-state index contributed by atoms with van der Waals surface area (Å²) in [6.45, 7) is 5.32. The normalized spacial score (nSPS) is 11.9. The Kier molecular flexibility index (Phi) is 26.1. The van der Waals surface area contributed by atoms with Crippen LogP contribution in [-0.2, 0) is 9.47 Å². The number of rotatable bonds is 25. The molecular weight excluding hydrogens is 1270 g/mol. The third kappa shape index (κ3) is 18.9. The first-order valence-corrected chi connectivity index (χ1v) is 23.6. The monoisotopic (exact) mass is 1320 g/mol. The molecule has 0 saturated heterocycles. The molecule has 1 atom stereocenters. The smallest absolute Gasteiger partial charge is 0.340 e. The largest absolute Gasteiger partial charge is 0.456 e. The van der Waals surface area contributed by atoms with Crippen LogP contribution in [0.2, 0.25) is 0 Å². The molecule has 0 bridgehead atoms. The van der Waals surface area contributed by atoms with Crippen LogP contribution in [0.15, 0.2) is 24.3 Å². The molecule has 0 saturated carbocycles. The zero-order chi connectivity index (χ0) is 34.4. The van der Waals surface area contributed by atoms with Gasteiger partial charge in [-0.3, -0.25) is 0 Å².